The Labute approximate surface area is 132 Å². The Bertz CT molecular complexity index is 859. The third kappa shape index (κ3) is 2.61. The van der Waals surface area contributed by atoms with Gasteiger partial charge in [-0.1, -0.05) is 6.07 Å². The Morgan fingerprint density at radius 3 is 2.87 bits per heavy atom. The quantitative estimate of drug-likeness (QED) is 0.777. The Balaban J connectivity index is 1.65. The van der Waals surface area contributed by atoms with Gasteiger partial charge in [-0.2, -0.15) is 5.10 Å². The molecule has 118 valence electrons. The number of carboxylic acids is 1. The third-order valence-electron chi connectivity index (χ3n) is 4.34. The smallest absolute Gasteiger partial charge is 0.371 e. The first-order valence-corrected chi connectivity index (χ1v) is 7.73. The summed E-state index contributed by atoms with van der Waals surface area (Å²) in [7, 11) is 0. The van der Waals surface area contributed by atoms with Gasteiger partial charge < -0.3 is 14.8 Å². The molecule has 23 heavy (non-hydrogen) atoms. The first-order chi connectivity index (χ1) is 11.2. The van der Waals surface area contributed by atoms with Gasteiger partial charge >= 0.3 is 5.97 Å². The largest absolute Gasteiger partial charge is 0.475 e. The van der Waals surface area contributed by atoms with E-state index in [0.29, 0.717) is 11.6 Å². The van der Waals surface area contributed by atoms with E-state index < -0.39 is 5.97 Å². The van der Waals surface area contributed by atoms with E-state index in [1.165, 1.54) is 0 Å². The standard InChI is InChI=1S/C17H17N3O3/c21-17(22)16-8-12-7-11(1-2-15(12)23-16)13-9-19-20(10-13)14-3-5-18-6-4-14/h1-2,7-10,14,18H,3-6H2,(H,21,22). The van der Waals surface area contributed by atoms with E-state index in [0.717, 1.165) is 42.4 Å². The second kappa shape index (κ2) is 5.55. The van der Waals surface area contributed by atoms with Crippen LogP contribution in [0.25, 0.3) is 22.1 Å². The minimum absolute atomic E-state index is 0.0393. The van der Waals surface area contributed by atoms with E-state index >= 15 is 0 Å². The summed E-state index contributed by atoms with van der Waals surface area (Å²) in [5.74, 6) is -1.09. The summed E-state index contributed by atoms with van der Waals surface area (Å²) in [5.41, 5.74) is 2.62. The number of aromatic nitrogens is 2. The molecule has 1 fully saturated rings. The number of hydrogen-bond donors (Lipinski definition) is 2. The Morgan fingerprint density at radius 1 is 1.26 bits per heavy atom. The average molecular weight is 311 g/mol. The molecule has 0 bridgehead atoms. The van der Waals surface area contributed by atoms with Crippen LogP contribution in [0.3, 0.4) is 0 Å². The summed E-state index contributed by atoms with van der Waals surface area (Å²) in [6, 6.07) is 7.68. The predicted octanol–water partition coefficient (Wildman–Crippen LogP) is 2.92. The molecule has 0 atom stereocenters. The molecular weight excluding hydrogens is 294 g/mol. The van der Waals surface area contributed by atoms with Gasteiger partial charge in [-0.15, -0.1) is 0 Å². The third-order valence-corrected chi connectivity index (χ3v) is 4.34. The van der Waals surface area contributed by atoms with Crippen LogP contribution in [0.2, 0.25) is 0 Å². The van der Waals surface area contributed by atoms with Crippen molar-refractivity contribution in [2.45, 2.75) is 18.9 Å². The molecule has 0 radical (unpaired) electrons. The van der Waals surface area contributed by atoms with Crippen molar-refractivity contribution in [1.82, 2.24) is 15.1 Å². The van der Waals surface area contributed by atoms with Crippen molar-refractivity contribution in [2.24, 2.45) is 0 Å². The van der Waals surface area contributed by atoms with Crippen LogP contribution in [0.5, 0.6) is 0 Å². The molecule has 2 N–H and O–H groups in total. The van der Waals surface area contributed by atoms with Crippen molar-refractivity contribution in [3.8, 4) is 11.1 Å². The number of piperidine rings is 1. The number of fused-ring (bicyclic) bond motifs is 1. The maximum Gasteiger partial charge on any atom is 0.371 e. The minimum atomic E-state index is -1.05. The topological polar surface area (TPSA) is 80.3 Å². The minimum Gasteiger partial charge on any atom is -0.475 e. The second-order valence-corrected chi connectivity index (χ2v) is 5.86. The Hall–Kier alpha value is -2.60. The van der Waals surface area contributed by atoms with Gasteiger partial charge in [0.1, 0.15) is 5.58 Å². The zero-order valence-electron chi connectivity index (χ0n) is 12.5. The second-order valence-electron chi connectivity index (χ2n) is 5.86. The number of hydrogen-bond acceptors (Lipinski definition) is 4. The van der Waals surface area contributed by atoms with Crippen molar-refractivity contribution < 1.29 is 14.3 Å². The fourth-order valence-electron chi connectivity index (χ4n) is 3.09. The molecular formula is C17H17N3O3. The summed E-state index contributed by atoms with van der Waals surface area (Å²) in [6.07, 6.45) is 6.10. The van der Waals surface area contributed by atoms with Crippen molar-refractivity contribution >= 4 is 16.9 Å². The first-order valence-electron chi connectivity index (χ1n) is 7.73. The Kier molecular flexibility index (Phi) is 3.38. The lowest BCUT2D eigenvalue weighted by atomic mass is 10.1. The Morgan fingerprint density at radius 2 is 2.09 bits per heavy atom. The summed E-state index contributed by atoms with van der Waals surface area (Å²) in [6.45, 7) is 2.05. The van der Waals surface area contributed by atoms with E-state index in [4.69, 9.17) is 9.52 Å². The lowest BCUT2D eigenvalue weighted by Crippen LogP contribution is -2.29. The van der Waals surface area contributed by atoms with Crippen LogP contribution in [-0.4, -0.2) is 33.9 Å². The van der Waals surface area contributed by atoms with Crippen LogP contribution in [0.1, 0.15) is 29.4 Å². The van der Waals surface area contributed by atoms with Crippen molar-refractivity contribution in [1.29, 1.82) is 0 Å². The van der Waals surface area contributed by atoms with Gasteiger partial charge in [0.2, 0.25) is 5.76 Å². The maximum absolute atomic E-state index is 11.0. The van der Waals surface area contributed by atoms with Crippen molar-refractivity contribution in [2.75, 3.05) is 13.1 Å². The van der Waals surface area contributed by atoms with Crippen LogP contribution in [0.15, 0.2) is 41.1 Å². The molecule has 1 aliphatic rings. The zero-order valence-corrected chi connectivity index (χ0v) is 12.5. The average Bonchev–Trinajstić information content (AvgIpc) is 3.22. The summed E-state index contributed by atoms with van der Waals surface area (Å²) < 4.78 is 7.33. The lowest BCUT2D eigenvalue weighted by Gasteiger charge is -2.22. The molecule has 0 spiro atoms. The van der Waals surface area contributed by atoms with Gasteiger partial charge in [-0.3, -0.25) is 4.68 Å². The highest BCUT2D eigenvalue weighted by atomic mass is 16.4. The van der Waals surface area contributed by atoms with E-state index in [9.17, 15) is 4.79 Å². The molecule has 3 heterocycles. The normalized spacial score (nSPS) is 16.0. The molecule has 1 aliphatic heterocycles. The maximum atomic E-state index is 11.0. The summed E-state index contributed by atoms with van der Waals surface area (Å²) in [5, 5.41) is 17.7. The van der Waals surface area contributed by atoms with Gasteiger partial charge in [0.15, 0.2) is 0 Å². The predicted molar refractivity (Wildman–Crippen MR) is 85.5 cm³/mol. The van der Waals surface area contributed by atoms with E-state index in [-0.39, 0.29) is 5.76 Å². The molecule has 2 aromatic heterocycles. The molecule has 1 saturated heterocycles. The SMILES string of the molecule is O=C(O)c1cc2cc(-c3cnn(C4CCNCC4)c3)ccc2o1. The fraction of sp³-hybridized carbons (Fsp3) is 0.294. The first kappa shape index (κ1) is 14.0. The fourth-order valence-corrected chi connectivity index (χ4v) is 3.09. The van der Waals surface area contributed by atoms with Gasteiger partial charge in [-0.05, 0) is 49.7 Å². The molecule has 0 unspecified atom stereocenters. The van der Waals surface area contributed by atoms with Gasteiger partial charge in [0.05, 0.1) is 12.2 Å². The van der Waals surface area contributed by atoms with Crippen molar-refractivity contribution in [3.05, 3.63) is 42.4 Å². The molecule has 3 aromatic rings. The van der Waals surface area contributed by atoms with Crippen LogP contribution in [0, 0.1) is 0 Å². The van der Waals surface area contributed by atoms with E-state index in [1.54, 1.807) is 12.1 Å². The number of carboxylic acid groups (broad SMARTS) is 1. The lowest BCUT2D eigenvalue weighted by molar-refractivity contribution is 0.0665. The number of rotatable bonds is 3. The molecule has 0 amide bonds. The number of nitrogens with zero attached hydrogens (tertiary/aromatic N) is 2. The summed E-state index contributed by atoms with van der Waals surface area (Å²) in [4.78, 5) is 11.0. The number of benzene rings is 1. The van der Waals surface area contributed by atoms with E-state index in [1.807, 2.05) is 23.0 Å². The molecule has 1 aromatic carbocycles. The molecule has 0 saturated carbocycles. The van der Waals surface area contributed by atoms with Gasteiger partial charge in [-0.25, -0.2) is 4.79 Å². The number of nitrogens with one attached hydrogen (secondary N) is 1. The van der Waals surface area contributed by atoms with Crippen LogP contribution >= 0.6 is 0 Å². The highest BCUT2D eigenvalue weighted by molar-refractivity contribution is 5.92. The van der Waals surface area contributed by atoms with Crippen LogP contribution in [-0.2, 0) is 0 Å². The number of aromatic carboxylic acids is 1. The monoisotopic (exact) mass is 311 g/mol. The van der Waals surface area contributed by atoms with E-state index in [2.05, 4.69) is 16.6 Å². The molecule has 6 nitrogen and oxygen atoms in total. The highest BCUT2D eigenvalue weighted by Crippen LogP contribution is 2.28. The molecule has 0 aliphatic carbocycles. The van der Waals surface area contributed by atoms with Gasteiger partial charge in [0.25, 0.3) is 0 Å². The zero-order chi connectivity index (χ0) is 15.8. The number of furan rings is 1. The van der Waals surface area contributed by atoms with Gasteiger partial charge in [0, 0.05) is 17.1 Å². The summed E-state index contributed by atoms with van der Waals surface area (Å²) >= 11 is 0. The molecule has 4 rings (SSSR count). The highest BCUT2D eigenvalue weighted by Gasteiger charge is 2.16. The van der Waals surface area contributed by atoms with Crippen LogP contribution < -0.4 is 5.32 Å². The van der Waals surface area contributed by atoms with Crippen molar-refractivity contribution in [3.63, 3.8) is 0 Å². The number of carbonyl (C=O) groups is 1. The van der Waals surface area contributed by atoms with Crippen LogP contribution in [0.4, 0.5) is 0 Å². The molecule has 6 heteroatoms.